The van der Waals surface area contributed by atoms with Crippen molar-refractivity contribution in [3.05, 3.63) is 23.8 Å². The number of fused-ring (bicyclic) bond motifs is 1. The fourth-order valence-electron chi connectivity index (χ4n) is 3.98. The highest BCUT2D eigenvalue weighted by Gasteiger charge is 2.31. The summed E-state index contributed by atoms with van der Waals surface area (Å²) < 4.78 is 10.9. The van der Waals surface area contributed by atoms with Gasteiger partial charge in [-0.05, 0) is 56.5 Å². The molecule has 0 bridgehead atoms. The zero-order valence-electron chi connectivity index (χ0n) is 12.5. The first-order chi connectivity index (χ1) is 10.4. The number of nitrogens with zero attached hydrogens (tertiary/aromatic N) is 1. The van der Waals surface area contributed by atoms with Crippen LogP contribution in [0.3, 0.4) is 0 Å². The van der Waals surface area contributed by atoms with E-state index in [9.17, 15) is 0 Å². The highest BCUT2D eigenvalue weighted by atomic mass is 16.7. The van der Waals surface area contributed by atoms with Crippen molar-refractivity contribution in [2.45, 2.75) is 50.7 Å². The number of likely N-dealkylation sites (tertiary alicyclic amines) is 1. The molecule has 3 heterocycles. The number of ether oxygens (including phenoxy) is 2. The topological polar surface area (TPSA) is 33.7 Å². The van der Waals surface area contributed by atoms with Crippen molar-refractivity contribution < 1.29 is 9.47 Å². The molecule has 4 heteroatoms. The third-order valence-electron chi connectivity index (χ3n) is 5.05. The molecule has 3 aliphatic rings. The Balaban J connectivity index is 1.48. The van der Waals surface area contributed by atoms with E-state index >= 15 is 0 Å². The summed E-state index contributed by atoms with van der Waals surface area (Å²) in [4.78, 5) is 2.67. The summed E-state index contributed by atoms with van der Waals surface area (Å²) in [6.07, 6.45) is 6.71. The van der Waals surface area contributed by atoms with Gasteiger partial charge >= 0.3 is 0 Å². The third kappa shape index (κ3) is 2.74. The van der Waals surface area contributed by atoms with Gasteiger partial charge in [0.25, 0.3) is 0 Å². The molecule has 2 unspecified atom stereocenters. The van der Waals surface area contributed by atoms with Gasteiger partial charge < -0.3 is 14.8 Å². The number of hydrogen-bond acceptors (Lipinski definition) is 4. The number of piperidine rings is 1. The summed E-state index contributed by atoms with van der Waals surface area (Å²) in [5.41, 5.74) is 1.34. The van der Waals surface area contributed by atoms with E-state index in [4.69, 9.17) is 9.47 Å². The van der Waals surface area contributed by atoms with E-state index in [1.165, 1.54) is 50.8 Å². The smallest absolute Gasteiger partial charge is 0.231 e. The summed E-state index contributed by atoms with van der Waals surface area (Å²) >= 11 is 0. The molecule has 2 fully saturated rings. The lowest BCUT2D eigenvalue weighted by Gasteiger charge is -2.39. The van der Waals surface area contributed by atoms with E-state index < -0.39 is 0 Å². The Bertz CT molecular complexity index is 500. The van der Waals surface area contributed by atoms with E-state index in [-0.39, 0.29) is 0 Å². The fraction of sp³-hybridized carbons (Fsp3) is 0.647. The van der Waals surface area contributed by atoms with E-state index in [0.717, 1.165) is 18.0 Å². The van der Waals surface area contributed by atoms with Gasteiger partial charge in [0.1, 0.15) is 0 Å². The Kier molecular flexibility index (Phi) is 3.74. The van der Waals surface area contributed by atoms with Crippen molar-refractivity contribution in [3.63, 3.8) is 0 Å². The summed E-state index contributed by atoms with van der Waals surface area (Å²) in [7, 11) is 0. The van der Waals surface area contributed by atoms with E-state index in [0.29, 0.717) is 18.9 Å². The van der Waals surface area contributed by atoms with Crippen LogP contribution in [0.25, 0.3) is 0 Å². The Morgan fingerprint density at radius 1 is 1.10 bits per heavy atom. The monoisotopic (exact) mass is 288 g/mol. The van der Waals surface area contributed by atoms with Crippen LogP contribution in [-0.2, 0) is 6.54 Å². The maximum atomic E-state index is 5.50. The summed E-state index contributed by atoms with van der Waals surface area (Å²) in [5.74, 6) is 1.78. The summed E-state index contributed by atoms with van der Waals surface area (Å²) in [6.45, 7) is 3.80. The second kappa shape index (κ2) is 5.85. The molecule has 4 rings (SSSR count). The van der Waals surface area contributed by atoms with Crippen LogP contribution in [0.2, 0.25) is 0 Å². The predicted octanol–water partition coefficient (Wildman–Crippen LogP) is 2.52. The molecule has 0 radical (unpaired) electrons. The van der Waals surface area contributed by atoms with Crippen molar-refractivity contribution in [2.75, 3.05) is 19.9 Å². The molecule has 0 aromatic heterocycles. The molecule has 2 saturated heterocycles. The molecule has 3 aliphatic heterocycles. The van der Waals surface area contributed by atoms with Crippen LogP contribution in [0, 0.1) is 0 Å². The predicted molar refractivity (Wildman–Crippen MR) is 81.6 cm³/mol. The number of nitrogens with one attached hydrogen (secondary N) is 1. The zero-order chi connectivity index (χ0) is 14.1. The summed E-state index contributed by atoms with van der Waals surface area (Å²) in [6, 6.07) is 7.77. The van der Waals surface area contributed by atoms with Gasteiger partial charge in [-0.1, -0.05) is 12.5 Å². The molecular formula is C17H24N2O2. The molecule has 0 spiro atoms. The summed E-state index contributed by atoms with van der Waals surface area (Å²) in [5, 5.41) is 3.70. The molecule has 114 valence electrons. The third-order valence-corrected chi connectivity index (χ3v) is 5.05. The standard InChI is InChI=1S/C17H24N2O2/c1-2-9-19(15(5-1)14-4-3-8-18-14)11-13-6-7-16-17(10-13)21-12-20-16/h6-7,10,14-15,18H,1-5,8-9,11-12H2. The molecule has 1 aromatic carbocycles. The van der Waals surface area contributed by atoms with Crippen LogP contribution < -0.4 is 14.8 Å². The molecule has 21 heavy (non-hydrogen) atoms. The van der Waals surface area contributed by atoms with E-state index in [1.54, 1.807) is 0 Å². The fourth-order valence-corrected chi connectivity index (χ4v) is 3.98. The van der Waals surface area contributed by atoms with Crippen molar-refractivity contribution >= 4 is 0 Å². The van der Waals surface area contributed by atoms with Gasteiger partial charge in [-0.3, -0.25) is 4.90 Å². The minimum absolute atomic E-state index is 0.358. The first-order valence-corrected chi connectivity index (χ1v) is 8.26. The molecule has 1 N–H and O–H groups in total. The van der Waals surface area contributed by atoms with Crippen LogP contribution in [-0.4, -0.2) is 36.9 Å². The molecule has 0 amide bonds. The second-order valence-electron chi connectivity index (χ2n) is 6.42. The zero-order valence-corrected chi connectivity index (χ0v) is 12.5. The quantitative estimate of drug-likeness (QED) is 0.926. The highest BCUT2D eigenvalue weighted by Crippen LogP contribution is 2.33. The maximum absolute atomic E-state index is 5.50. The lowest BCUT2D eigenvalue weighted by Crippen LogP contribution is -2.49. The van der Waals surface area contributed by atoms with Gasteiger partial charge in [0.15, 0.2) is 11.5 Å². The van der Waals surface area contributed by atoms with Crippen molar-refractivity contribution in [3.8, 4) is 11.5 Å². The average molecular weight is 288 g/mol. The number of benzene rings is 1. The van der Waals surface area contributed by atoms with Crippen molar-refractivity contribution in [1.82, 2.24) is 10.2 Å². The minimum atomic E-state index is 0.358. The molecule has 4 nitrogen and oxygen atoms in total. The van der Waals surface area contributed by atoms with Gasteiger partial charge in [-0.2, -0.15) is 0 Å². The Labute approximate surface area is 126 Å². The normalized spacial score (nSPS) is 29.0. The van der Waals surface area contributed by atoms with Gasteiger partial charge in [0, 0.05) is 18.6 Å². The minimum Gasteiger partial charge on any atom is -0.454 e. The van der Waals surface area contributed by atoms with Crippen LogP contribution in [0.4, 0.5) is 0 Å². The van der Waals surface area contributed by atoms with Crippen molar-refractivity contribution in [2.24, 2.45) is 0 Å². The maximum Gasteiger partial charge on any atom is 0.231 e. The van der Waals surface area contributed by atoms with Crippen molar-refractivity contribution in [1.29, 1.82) is 0 Å². The van der Waals surface area contributed by atoms with Gasteiger partial charge in [0.2, 0.25) is 6.79 Å². The lowest BCUT2D eigenvalue weighted by atomic mass is 9.94. The Morgan fingerprint density at radius 3 is 2.95 bits per heavy atom. The van der Waals surface area contributed by atoms with E-state index in [1.807, 2.05) is 6.07 Å². The van der Waals surface area contributed by atoms with Gasteiger partial charge in [0.05, 0.1) is 0 Å². The largest absolute Gasteiger partial charge is 0.454 e. The lowest BCUT2D eigenvalue weighted by molar-refractivity contribution is 0.112. The molecular weight excluding hydrogens is 264 g/mol. The van der Waals surface area contributed by atoms with Gasteiger partial charge in [-0.25, -0.2) is 0 Å². The average Bonchev–Trinajstić information content (AvgIpc) is 3.19. The van der Waals surface area contributed by atoms with Crippen LogP contribution >= 0.6 is 0 Å². The number of hydrogen-bond donors (Lipinski definition) is 1. The first-order valence-electron chi connectivity index (χ1n) is 8.26. The molecule has 0 saturated carbocycles. The molecule has 1 aromatic rings. The van der Waals surface area contributed by atoms with Crippen LogP contribution in [0.15, 0.2) is 18.2 Å². The highest BCUT2D eigenvalue weighted by molar-refractivity contribution is 5.44. The number of rotatable bonds is 3. The first kappa shape index (κ1) is 13.4. The van der Waals surface area contributed by atoms with Crippen LogP contribution in [0.1, 0.15) is 37.7 Å². The Morgan fingerprint density at radius 2 is 2.05 bits per heavy atom. The van der Waals surface area contributed by atoms with Crippen LogP contribution in [0.5, 0.6) is 11.5 Å². The van der Waals surface area contributed by atoms with E-state index in [2.05, 4.69) is 22.3 Å². The molecule has 0 aliphatic carbocycles. The molecule has 2 atom stereocenters. The van der Waals surface area contributed by atoms with Gasteiger partial charge in [-0.15, -0.1) is 0 Å². The second-order valence-corrected chi connectivity index (χ2v) is 6.42. The Hall–Kier alpha value is -1.26. The SMILES string of the molecule is c1cc2c(cc1CN1CCCCC1C1CCCN1)OCO2.